The van der Waals surface area contributed by atoms with Crippen LogP contribution in [0.2, 0.25) is 0 Å². The van der Waals surface area contributed by atoms with Gasteiger partial charge >= 0.3 is 5.97 Å². The number of carboxylic acid groups (broad SMARTS) is 1. The molecule has 1 heterocycles. The van der Waals surface area contributed by atoms with Crippen molar-refractivity contribution in [3.05, 3.63) is 0 Å². The molecule has 10 nitrogen and oxygen atoms in total. The number of hydrogen-bond donors (Lipinski definition) is 6. The lowest BCUT2D eigenvalue weighted by Crippen LogP contribution is -2.62. The summed E-state index contributed by atoms with van der Waals surface area (Å²) in [6.07, 6.45) is 6.16. The second-order valence-corrected chi connectivity index (χ2v) is 9.42. The van der Waals surface area contributed by atoms with E-state index in [-0.39, 0.29) is 6.54 Å². The third-order valence-corrected chi connectivity index (χ3v) is 6.47. The highest BCUT2D eigenvalue weighted by atomic mass is 16.7. The van der Waals surface area contributed by atoms with Crippen LogP contribution >= 0.6 is 0 Å². The predicted octanol–water partition coefficient (Wildman–Crippen LogP) is 1.69. The average molecular weight is 505 g/mol. The number of aliphatic hydroxyl groups is 3. The summed E-state index contributed by atoms with van der Waals surface area (Å²) in [6.45, 7) is 2.81. The van der Waals surface area contributed by atoms with E-state index in [0.29, 0.717) is 25.9 Å². The van der Waals surface area contributed by atoms with Gasteiger partial charge in [0.05, 0.1) is 0 Å². The molecule has 0 unspecified atom stereocenters. The van der Waals surface area contributed by atoms with Gasteiger partial charge in [-0.3, -0.25) is 9.59 Å². The normalized spacial score (nSPS) is 25.3. The van der Waals surface area contributed by atoms with E-state index in [1.165, 1.54) is 44.9 Å². The molecule has 0 aromatic carbocycles. The van der Waals surface area contributed by atoms with Gasteiger partial charge in [0.1, 0.15) is 24.4 Å². The summed E-state index contributed by atoms with van der Waals surface area (Å²) in [5, 5.41) is 44.9. The van der Waals surface area contributed by atoms with Crippen molar-refractivity contribution in [1.29, 1.82) is 0 Å². The van der Waals surface area contributed by atoms with E-state index in [9.17, 15) is 24.9 Å². The molecule has 0 aliphatic carbocycles. The summed E-state index contributed by atoms with van der Waals surface area (Å²) < 4.78 is 11.1. The van der Waals surface area contributed by atoms with Gasteiger partial charge in [-0.1, -0.05) is 64.7 Å². The third kappa shape index (κ3) is 12.5. The minimum atomic E-state index is -1.58. The summed E-state index contributed by atoms with van der Waals surface area (Å²) in [5.74, 6) is -1.54. The number of carboxylic acids is 1. The minimum absolute atomic E-state index is 0.268. The molecule has 0 aromatic heterocycles. The van der Waals surface area contributed by atoms with Crippen molar-refractivity contribution in [1.82, 2.24) is 10.6 Å². The SMILES string of the molecule is CCCCCCCCCCCCO[C@@H]1O[C@H](C(=O)NCCCC[C@H](NC)C(=O)O)[C@@H](O)[C@H](O)[C@H]1O. The van der Waals surface area contributed by atoms with Gasteiger partial charge in [-0.05, 0) is 32.7 Å². The van der Waals surface area contributed by atoms with Gasteiger partial charge in [0.15, 0.2) is 12.4 Å². The van der Waals surface area contributed by atoms with Crippen LogP contribution in [0.3, 0.4) is 0 Å². The van der Waals surface area contributed by atoms with E-state index < -0.39 is 48.6 Å². The molecule has 0 bridgehead atoms. The summed E-state index contributed by atoms with van der Waals surface area (Å²) >= 11 is 0. The molecule has 6 atom stereocenters. The fraction of sp³-hybridized carbons (Fsp3) is 0.920. The quantitative estimate of drug-likeness (QED) is 0.136. The second kappa shape index (κ2) is 18.9. The number of hydrogen-bond acceptors (Lipinski definition) is 8. The molecular formula is C25H48N2O8. The number of carbonyl (C=O) groups is 2. The maximum absolute atomic E-state index is 12.5. The molecular weight excluding hydrogens is 456 g/mol. The Labute approximate surface area is 209 Å². The van der Waals surface area contributed by atoms with Gasteiger partial charge < -0.3 is 40.5 Å². The summed E-state index contributed by atoms with van der Waals surface area (Å²) in [5.41, 5.74) is 0. The number of nitrogens with one attached hydrogen (secondary N) is 2. The second-order valence-electron chi connectivity index (χ2n) is 9.42. The van der Waals surface area contributed by atoms with Gasteiger partial charge in [-0.15, -0.1) is 0 Å². The Morgan fingerprint density at radius 2 is 1.46 bits per heavy atom. The molecule has 206 valence electrons. The highest BCUT2D eigenvalue weighted by molar-refractivity contribution is 5.81. The van der Waals surface area contributed by atoms with E-state index in [1.807, 2.05) is 0 Å². The predicted molar refractivity (Wildman–Crippen MR) is 132 cm³/mol. The first-order chi connectivity index (χ1) is 16.8. The standard InChI is InChI=1S/C25H48N2O8/c1-3-4-5-6-7-8-9-10-11-14-17-34-25-21(30)19(28)20(29)22(35-25)23(31)27-16-13-12-15-18(26-2)24(32)33/h18-22,25-26,28-30H,3-17H2,1-2H3,(H,27,31)(H,32,33)/t18-,19-,20-,21+,22-,25+/m0/s1. The van der Waals surface area contributed by atoms with E-state index in [4.69, 9.17) is 14.6 Å². The number of amides is 1. The number of likely N-dealkylation sites (N-methyl/N-ethyl adjacent to an activating group) is 1. The molecule has 1 rings (SSSR count). The topological polar surface area (TPSA) is 158 Å². The summed E-state index contributed by atoms with van der Waals surface area (Å²) in [4.78, 5) is 23.5. The molecule has 6 N–H and O–H groups in total. The molecule has 1 fully saturated rings. The van der Waals surface area contributed by atoms with E-state index in [1.54, 1.807) is 7.05 Å². The highest BCUT2D eigenvalue weighted by Crippen LogP contribution is 2.23. The molecule has 0 radical (unpaired) electrons. The zero-order valence-corrected chi connectivity index (χ0v) is 21.5. The summed E-state index contributed by atoms with van der Waals surface area (Å²) in [6, 6.07) is -0.640. The lowest BCUT2D eigenvalue weighted by atomic mass is 9.98. The van der Waals surface area contributed by atoms with Crippen LogP contribution in [-0.4, -0.2) is 89.2 Å². The van der Waals surface area contributed by atoms with Crippen LogP contribution in [-0.2, 0) is 19.1 Å². The Morgan fingerprint density at radius 1 is 0.857 bits per heavy atom. The van der Waals surface area contributed by atoms with E-state index in [0.717, 1.165) is 19.3 Å². The maximum atomic E-state index is 12.5. The lowest BCUT2D eigenvalue weighted by molar-refractivity contribution is -0.290. The minimum Gasteiger partial charge on any atom is -0.480 e. The molecule has 10 heteroatoms. The number of ether oxygens (including phenoxy) is 2. The Balaban J connectivity index is 2.27. The van der Waals surface area contributed by atoms with Crippen molar-refractivity contribution in [3.63, 3.8) is 0 Å². The van der Waals surface area contributed by atoms with Crippen LogP contribution < -0.4 is 10.6 Å². The smallest absolute Gasteiger partial charge is 0.320 e. The Morgan fingerprint density at radius 3 is 2.03 bits per heavy atom. The van der Waals surface area contributed by atoms with Gasteiger partial charge in [-0.25, -0.2) is 0 Å². The Hall–Kier alpha value is -1.30. The molecule has 1 aliphatic heterocycles. The van der Waals surface area contributed by atoms with Crippen molar-refractivity contribution in [2.45, 2.75) is 127 Å². The molecule has 0 saturated carbocycles. The number of unbranched alkanes of at least 4 members (excludes halogenated alkanes) is 10. The van der Waals surface area contributed by atoms with Gasteiger partial charge in [0.2, 0.25) is 0 Å². The Bertz CT molecular complexity index is 580. The first-order valence-electron chi connectivity index (χ1n) is 13.3. The molecule has 1 amide bonds. The molecule has 0 spiro atoms. The molecule has 0 aromatic rings. The number of rotatable bonds is 20. The van der Waals surface area contributed by atoms with E-state index in [2.05, 4.69) is 17.6 Å². The zero-order valence-electron chi connectivity index (χ0n) is 21.5. The first kappa shape index (κ1) is 31.7. The number of aliphatic hydroxyl groups excluding tert-OH is 3. The molecule has 1 aliphatic rings. The van der Waals surface area contributed by atoms with Gasteiger partial charge in [-0.2, -0.15) is 0 Å². The molecule has 1 saturated heterocycles. The van der Waals surface area contributed by atoms with Crippen molar-refractivity contribution < 1.29 is 39.5 Å². The van der Waals surface area contributed by atoms with Crippen molar-refractivity contribution in [2.24, 2.45) is 0 Å². The largest absolute Gasteiger partial charge is 0.480 e. The summed E-state index contributed by atoms with van der Waals surface area (Å²) in [7, 11) is 1.58. The van der Waals surface area contributed by atoms with Crippen LogP contribution in [0.15, 0.2) is 0 Å². The van der Waals surface area contributed by atoms with Gasteiger partial charge in [0.25, 0.3) is 5.91 Å². The Kier molecular flexibility index (Phi) is 17.1. The van der Waals surface area contributed by atoms with Crippen molar-refractivity contribution >= 4 is 11.9 Å². The monoisotopic (exact) mass is 504 g/mol. The fourth-order valence-electron chi connectivity index (χ4n) is 4.17. The van der Waals surface area contributed by atoms with Crippen molar-refractivity contribution in [3.8, 4) is 0 Å². The fourth-order valence-corrected chi connectivity index (χ4v) is 4.17. The number of aliphatic carboxylic acids is 1. The van der Waals surface area contributed by atoms with Crippen LogP contribution in [0.25, 0.3) is 0 Å². The highest BCUT2D eigenvalue weighted by Gasteiger charge is 2.47. The first-order valence-corrected chi connectivity index (χ1v) is 13.3. The lowest BCUT2D eigenvalue weighted by Gasteiger charge is -2.39. The van der Waals surface area contributed by atoms with Gasteiger partial charge in [0, 0.05) is 13.2 Å². The average Bonchev–Trinajstić information content (AvgIpc) is 2.84. The van der Waals surface area contributed by atoms with E-state index >= 15 is 0 Å². The number of carbonyl (C=O) groups excluding carboxylic acids is 1. The van der Waals surface area contributed by atoms with Crippen LogP contribution in [0, 0.1) is 0 Å². The van der Waals surface area contributed by atoms with Crippen LogP contribution in [0.1, 0.15) is 90.4 Å². The maximum Gasteiger partial charge on any atom is 0.320 e. The molecule has 35 heavy (non-hydrogen) atoms. The zero-order chi connectivity index (χ0) is 26.1. The van der Waals surface area contributed by atoms with Crippen LogP contribution in [0.5, 0.6) is 0 Å². The third-order valence-electron chi connectivity index (χ3n) is 6.47. The van der Waals surface area contributed by atoms with Crippen molar-refractivity contribution in [2.75, 3.05) is 20.2 Å². The van der Waals surface area contributed by atoms with Crippen LogP contribution in [0.4, 0.5) is 0 Å².